The molecule has 0 fully saturated rings. The van der Waals surface area contributed by atoms with Crippen molar-refractivity contribution in [3.05, 3.63) is 64.6 Å². The predicted molar refractivity (Wildman–Crippen MR) is 74.8 cm³/mol. The molecule has 0 aliphatic heterocycles. The van der Waals surface area contributed by atoms with E-state index in [9.17, 15) is 9.70 Å². The second-order valence-electron chi connectivity index (χ2n) is 4.25. The molecule has 0 aliphatic rings. The Balaban J connectivity index is 2.33. The number of benzene rings is 2. The van der Waals surface area contributed by atoms with Gasteiger partial charge < -0.3 is 5.73 Å². The lowest BCUT2D eigenvalue weighted by Gasteiger charge is -2.05. The normalized spacial score (nSPS) is 10.1. The minimum Gasteiger partial charge on any atom is -0.366 e. The lowest BCUT2D eigenvalue weighted by Crippen LogP contribution is -2.10. The van der Waals surface area contributed by atoms with Crippen molar-refractivity contribution >= 4 is 5.91 Å². The average molecular weight is 254 g/mol. The van der Waals surface area contributed by atoms with Crippen molar-refractivity contribution in [2.45, 2.75) is 6.42 Å². The topological polar surface area (TPSA) is 72.5 Å². The van der Waals surface area contributed by atoms with Crippen LogP contribution in [0.2, 0.25) is 0 Å². The third kappa shape index (κ3) is 3.25. The average Bonchev–Trinajstić information content (AvgIpc) is 2.45. The highest BCUT2D eigenvalue weighted by atomic mass is 16.3. The molecule has 0 atom stereocenters. The van der Waals surface area contributed by atoms with Gasteiger partial charge in [-0.3, -0.25) is 4.79 Å². The van der Waals surface area contributed by atoms with E-state index in [0.29, 0.717) is 12.0 Å². The Labute approximate surface area is 111 Å². The highest BCUT2D eigenvalue weighted by molar-refractivity contribution is 5.94. The van der Waals surface area contributed by atoms with E-state index in [1.165, 1.54) is 0 Å². The first kappa shape index (κ1) is 13.0. The molecule has 0 saturated heterocycles. The number of nitrogens with zero attached hydrogens (tertiary/aromatic N) is 1. The Morgan fingerprint density at radius 2 is 1.74 bits per heavy atom. The number of rotatable bonds is 5. The number of amides is 1. The molecule has 0 heterocycles. The van der Waals surface area contributed by atoms with Gasteiger partial charge in [-0.05, 0) is 35.2 Å². The molecule has 2 aromatic carbocycles. The molecule has 0 radical (unpaired) electrons. The van der Waals surface area contributed by atoms with Gasteiger partial charge in [-0.2, -0.15) is 4.91 Å². The van der Waals surface area contributed by atoms with Crippen molar-refractivity contribution in [3.63, 3.8) is 0 Å². The summed E-state index contributed by atoms with van der Waals surface area (Å²) in [4.78, 5) is 21.3. The molecule has 0 aromatic heterocycles. The molecule has 0 bridgehead atoms. The molecule has 0 saturated carbocycles. The van der Waals surface area contributed by atoms with E-state index >= 15 is 0 Å². The first-order chi connectivity index (χ1) is 9.20. The monoisotopic (exact) mass is 254 g/mol. The molecule has 19 heavy (non-hydrogen) atoms. The second kappa shape index (κ2) is 5.91. The SMILES string of the molecule is NC(=O)c1cccc(-c2cccc(CCN=O)c2)c1. The van der Waals surface area contributed by atoms with Crippen LogP contribution in [0, 0.1) is 4.91 Å². The fourth-order valence-electron chi connectivity index (χ4n) is 1.93. The summed E-state index contributed by atoms with van der Waals surface area (Å²) in [6, 6.07) is 15.0. The number of hydrogen-bond donors (Lipinski definition) is 1. The number of nitrogens with two attached hydrogens (primary N) is 1. The van der Waals surface area contributed by atoms with E-state index in [2.05, 4.69) is 5.18 Å². The Hall–Kier alpha value is -2.49. The van der Waals surface area contributed by atoms with Crippen molar-refractivity contribution in [3.8, 4) is 11.1 Å². The summed E-state index contributed by atoms with van der Waals surface area (Å²) < 4.78 is 0. The van der Waals surface area contributed by atoms with Crippen molar-refractivity contribution in [2.75, 3.05) is 6.54 Å². The highest BCUT2D eigenvalue weighted by Crippen LogP contribution is 2.21. The van der Waals surface area contributed by atoms with Gasteiger partial charge in [-0.15, -0.1) is 0 Å². The number of carbonyl (C=O) groups is 1. The fourth-order valence-corrected chi connectivity index (χ4v) is 1.93. The van der Waals surface area contributed by atoms with Crippen LogP contribution in [0.15, 0.2) is 53.7 Å². The summed E-state index contributed by atoms with van der Waals surface area (Å²) in [5.41, 5.74) is 8.72. The van der Waals surface area contributed by atoms with Gasteiger partial charge in [0.05, 0.1) is 6.54 Å². The van der Waals surface area contributed by atoms with Crippen molar-refractivity contribution in [2.24, 2.45) is 10.9 Å². The van der Waals surface area contributed by atoms with Crippen molar-refractivity contribution in [1.82, 2.24) is 0 Å². The third-order valence-corrected chi connectivity index (χ3v) is 2.90. The van der Waals surface area contributed by atoms with E-state index in [-0.39, 0.29) is 6.54 Å². The summed E-state index contributed by atoms with van der Waals surface area (Å²) >= 11 is 0. The first-order valence-electron chi connectivity index (χ1n) is 5.99. The zero-order valence-corrected chi connectivity index (χ0v) is 10.4. The number of carbonyl (C=O) groups excluding carboxylic acids is 1. The van der Waals surface area contributed by atoms with Crippen LogP contribution in [0.3, 0.4) is 0 Å². The van der Waals surface area contributed by atoms with Gasteiger partial charge >= 0.3 is 0 Å². The molecule has 2 aromatic rings. The standard InChI is InChI=1S/C15H14N2O2/c16-15(18)14-6-2-5-13(10-14)12-4-1-3-11(9-12)7-8-17-19/h1-6,9-10H,7-8H2,(H2,16,18). The summed E-state index contributed by atoms with van der Waals surface area (Å²) in [5.74, 6) is -0.442. The summed E-state index contributed by atoms with van der Waals surface area (Å²) in [5, 5.41) is 2.86. The van der Waals surface area contributed by atoms with E-state index in [4.69, 9.17) is 5.73 Å². The zero-order valence-electron chi connectivity index (χ0n) is 10.4. The zero-order chi connectivity index (χ0) is 13.7. The number of hydrogen-bond acceptors (Lipinski definition) is 3. The smallest absolute Gasteiger partial charge is 0.248 e. The molecule has 2 N–H and O–H groups in total. The van der Waals surface area contributed by atoms with Crippen LogP contribution in [0.1, 0.15) is 15.9 Å². The maximum absolute atomic E-state index is 11.2. The van der Waals surface area contributed by atoms with Gasteiger partial charge in [-0.25, -0.2) is 0 Å². The van der Waals surface area contributed by atoms with Crippen LogP contribution < -0.4 is 5.73 Å². The molecule has 96 valence electrons. The second-order valence-corrected chi connectivity index (χ2v) is 4.25. The van der Waals surface area contributed by atoms with Gasteiger partial charge in [0.25, 0.3) is 0 Å². The quantitative estimate of drug-likeness (QED) is 0.833. The molecule has 4 nitrogen and oxygen atoms in total. The van der Waals surface area contributed by atoms with Crippen LogP contribution in [-0.2, 0) is 6.42 Å². The molecule has 2 rings (SSSR count). The third-order valence-electron chi connectivity index (χ3n) is 2.90. The highest BCUT2D eigenvalue weighted by Gasteiger charge is 2.04. The van der Waals surface area contributed by atoms with E-state index in [1.54, 1.807) is 18.2 Å². The maximum atomic E-state index is 11.2. The number of primary amides is 1. The summed E-state index contributed by atoms with van der Waals surface area (Å²) in [7, 11) is 0. The van der Waals surface area contributed by atoms with E-state index in [1.807, 2.05) is 30.3 Å². The maximum Gasteiger partial charge on any atom is 0.248 e. The van der Waals surface area contributed by atoms with Gasteiger partial charge in [0, 0.05) is 5.56 Å². The lowest BCUT2D eigenvalue weighted by molar-refractivity contribution is 0.100. The van der Waals surface area contributed by atoms with Crippen LogP contribution in [0.4, 0.5) is 0 Å². The first-order valence-corrected chi connectivity index (χ1v) is 5.99. The van der Waals surface area contributed by atoms with Gasteiger partial charge in [0.15, 0.2) is 0 Å². The Morgan fingerprint density at radius 3 is 2.42 bits per heavy atom. The largest absolute Gasteiger partial charge is 0.366 e. The molecule has 4 heteroatoms. The molecular weight excluding hydrogens is 240 g/mol. The molecule has 0 unspecified atom stereocenters. The summed E-state index contributed by atoms with van der Waals surface area (Å²) in [6.45, 7) is 0.269. The minimum absolute atomic E-state index is 0.269. The molecule has 0 aliphatic carbocycles. The molecule has 1 amide bonds. The van der Waals surface area contributed by atoms with Gasteiger partial charge in [0.2, 0.25) is 5.91 Å². The van der Waals surface area contributed by atoms with Crippen LogP contribution in [0.25, 0.3) is 11.1 Å². The van der Waals surface area contributed by atoms with Gasteiger partial charge in [0.1, 0.15) is 0 Å². The fraction of sp³-hybridized carbons (Fsp3) is 0.133. The number of nitroso groups, excluding NO2 is 1. The molecule has 0 spiro atoms. The van der Waals surface area contributed by atoms with Crippen molar-refractivity contribution < 1.29 is 4.79 Å². The minimum atomic E-state index is -0.442. The van der Waals surface area contributed by atoms with Gasteiger partial charge in [-0.1, -0.05) is 41.6 Å². The van der Waals surface area contributed by atoms with E-state index in [0.717, 1.165) is 16.7 Å². The van der Waals surface area contributed by atoms with Crippen LogP contribution in [0.5, 0.6) is 0 Å². The van der Waals surface area contributed by atoms with E-state index < -0.39 is 5.91 Å². The molecular formula is C15H14N2O2. The lowest BCUT2D eigenvalue weighted by atomic mass is 10.00. The van der Waals surface area contributed by atoms with Crippen LogP contribution >= 0.6 is 0 Å². The Bertz CT molecular complexity index is 609. The predicted octanol–water partition coefficient (Wildman–Crippen LogP) is 2.76. The van der Waals surface area contributed by atoms with Crippen LogP contribution in [-0.4, -0.2) is 12.5 Å². The van der Waals surface area contributed by atoms with Crippen molar-refractivity contribution in [1.29, 1.82) is 0 Å². The summed E-state index contributed by atoms with van der Waals surface area (Å²) in [6.07, 6.45) is 0.618. The Kier molecular flexibility index (Phi) is 4.03. The Morgan fingerprint density at radius 1 is 1.05 bits per heavy atom.